The first kappa shape index (κ1) is 16.0. The number of ether oxygens (including phenoxy) is 1. The monoisotopic (exact) mass is 296 g/mol. The average Bonchev–Trinajstić information content (AvgIpc) is 2.78. The van der Waals surface area contributed by atoms with Crippen LogP contribution in [0.5, 0.6) is 0 Å². The SMILES string of the molecule is COC1CCN(Cc2cc(CNC(C)C)sc2C)CC1. The summed E-state index contributed by atoms with van der Waals surface area (Å²) in [7, 11) is 1.83. The summed E-state index contributed by atoms with van der Waals surface area (Å²) >= 11 is 1.94. The Morgan fingerprint density at radius 2 is 2.10 bits per heavy atom. The van der Waals surface area contributed by atoms with Gasteiger partial charge in [0.05, 0.1) is 6.10 Å². The number of hydrogen-bond acceptors (Lipinski definition) is 4. The van der Waals surface area contributed by atoms with Crippen molar-refractivity contribution < 1.29 is 4.74 Å². The van der Waals surface area contributed by atoms with Gasteiger partial charge >= 0.3 is 0 Å². The standard InChI is InChI=1S/C16H28N2OS/c1-12(2)17-10-16-9-14(13(3)20-16)11-18-7-5-15(19-4)6-8-18/h9,12,15,17H,5-8,10-11H2,1-4H3. The molecule has 2 heterocycles. The lowest BCUT2D eigenvalue weighted by molar-refractivity contribution is 0.0388. The van der Waals surface area contributed by atoms with Gasteiger partial charge in [-0.05, 0) is 31.4 Å². The quantitative estimate of drug-likeness (QED) is 0.872. The first-order chi connectivity index (χ1) is 9.58. The lowest BCUT2D eigenvalue weighted by Gasteiger charge is -2.31. The van der Waals surface area contributed by atoms with Crippen molar-refractivity contribution in [1.82, 2.24) is 10.2 Å². The van der Waals surface area contributed by atoms with Crippen LogP contribution in [0.15, 0.2) is 6.07 Å². The van der Waals surface area contributed by atoms with Crippen LogP contribution in [0.25, 0.3) is 0 Å². The van der Waals surface area contributed by atoms with Crippen LogP contribution in [0, 0.1) is 6.92 Å². The average molecular weight is 296 g/mol. The summed E-state index contributed by atoms with van der Waals surface area (Å²) in [5, 5.41) is 3.50. The third-order valence-electron chi connectivity index (χ3n) is 4.02. The Balaban J connectivity index is 1.86. The molecule has 1 aliphatic heterocycles. The Morgan fingerprint density at radius 1 is 1.40 bits per heavy atom. The molecule has 0 aliphatic carbocycles. The summed E-state index contributed by atoms with van der Waals surface area (Å²) in [4.78, 5) is 5.49. The van der Waals surface area contributed by atoms with Crippen molar-refractivity contribution in [1.29, 1.82) is 0 Å². The molecule has 1 aliphatic rings. The van der Waals surface area contributed by atoms with Crippen molar-refractivity contribution in [3.63, 3.8) is 0 Å². The third kappa shape index (κ3) is 4.55. The van der Waals surface area contributed by atoms with Crippen molar-refractivity contribution >= 4 is 11.3 Å². The van der Waals surface area contributed by atoms with Gasteiger partial charge in [-0.25, -0.2) is 0 Å². The third-order valence-corrected chi connectivity index (χ3v) is 5.11. The van der Waals surface area contributed by atoms with Crippen LogP contribution in [-0.2, 0) is 17.8 Å². The van der Waals surface area contributed by atoms with Crippen molar-refractivity contribution in [2.45, 2.75) is 58.8 Å². The van der Waals surface area contributed by atoms with Gasteiger partial charge in [0, 0.05) is 49.1 Å². The van der Waals surface area contributed by atoms with Crippen molar-refractivity contribution in [3.05, 3.63) is 21.4 Å². The van der Waals surface area contributed by atoms with E-state index in [0.717, 1.165) is 26.2 Å². The van der Waals surface area contributed by atoms with E-state index in [1.54, 1.807) is 0 Å². The van der Waals surface area contributed by atoms with Crippen LogP contribution in [0.4, 0.5) is 0 Å². The Hall–Kier alpha value is -0.420. The van der Waals surface area contributed by atoms with Gasteiger partial charge in [0.25, 0.3) is 0 Å². The molecule has 0 amide bonds. The number of thiophene rings is 1. The Morgan fingerprint density at radius 3 is 2.70 bits per heavy atom. The lowest BCUT2D eigenvalue weighted by Crippen LogP contribution is -2.36. The second-order valence-corrected chi connectivity index (χ2v) is 7.38. The van der Waals surface area contributed by atoms with Gasteiger partial charge in [-0.1, -0.05) is 13.8 Å². The van der Waals surface area contributed by atoms with Gasteiger partial charge in [0.2, 0.25) is 0 Å². The Kier molecular flexibility index (Phi) is 6.02. The molecule has 1 aromatic rings. The molecule has 3 nitrogen and oxygen atoms in total. The number of methoxy groups -OCH3 is 1. The number of rotatable bonds is 6. The number of hydrogen-bond donors (Lipinski definition) is 1. The van der Waals surface area contributed by atoms with Gasteiger partial charge in [0.15, 0.2) is 0 Å². The van der Waals surface area contributed by atoms with Crippen LogP contribution >= 0.6 is 11.3 Å². The van der Waals surface area contributed by atoms with Crippen molar-refractivity contribution in [2.75, 3.05) is 20.2 Å². The number of likely N-dealkylation sites (tertiary alicyclic amines) is 1. The molecule has 0 radical (unpaired) electrons. The van der Waals surface area contributed by atoms with Gasteiger partial charge in [-0.3, -0.25) is 4.90 Å². The highest BCUT2D eigenvalue weighted by Crippen LogP contribution is 2.24. The molecule has 20 heavy (non-hydrogen) atoms. The van der Waals surface area contributed by atoms with E-state index in [-0.39, 0.29) is 0 Å². The minimum atomic E-state index is 0.473. The van der Waals surface area contributed by atoms with E-state index in [1.807, 2.05) is 18.4 Å². The predicted molar refractivity (Wildman–Crippen MR) is 86.3 cm³/mol. The zero-order valence-electron chi connectivity index (χ0n) is 13.2. The van der Waals surface area contributed by atoms with Crippen LogP contribution in [0.1, 0.15) is 42.0 Å². The number of nitrogens with one attached hydrogen (secondary N) is 1. The van der Waals surface area contributed by atoms with Crippen molar-refractivity contribution in [3.8, 4) is 0 Å². The van der Waals surface area contributed by atoms with E-state index < -0.39 is 0 Å². The summed E-state index contributed by atoms with van der Waals surface area (Å²) in [6.07, 6.45) is 2.81. The fourth-order valence-corrected chi connectivity index (χ4v) is 3.68. The fourth-order valence-electron chi connectivity index (χ4n) is 2.68. The topological polar surface area (TPSA) is 24.5 Å². The normalized spacial score (nSPS) is 18.1. The second kappa shape index (κ2) is 7.55. The number of aryl methyl sites for hydroxylation is 1. The van der Waals surface area contributed by atoms with Crippen LogP contribution in [-0.4, -0.2) is 37.2 Å². The lowest BCUT2D eigenvalue weighted by atomic mass is 10.1. The van der Waals surface area contributed by atoms with Crippen LogP contribution in [0.2, 0.25) is 0 Å². The molecule has 1 N–H and O–H groups in total. The minimum absolute atomic E-state index is 0.473. The molecule has 0 spiro atoms. The maximum Gasteiger partial charge on any atom is 0.0595 e. The zero-order chi connectivity index (χ0) is 14.5. The largest absolute Gasteiger partial charge is 0.381 e. The molecule has 1 saturated heterocycles. The van der Waals surface area contributed by atoms with Gasteiger partial charge in [0.1, 0.15) is 0 Å². The first-order valence-corrected chi connectivity index (χ1v) is 8.47. The van der Waals surface area contributed by atoms with E-state index in [0.29, 0.717) is 12.1 Å². The van der Waals surface area contributed by atoms with Crippen LogP contribution in [0.3, 0.4) is 0 Å². The van der Waals surface area contributed by atoms with E-state index in [2.05, 4.69) is 37.1 Å². The van der Waals surface area contributed by atoms with Crippen LogP contribution < -0.4 is 5.32 Å². The summed E-state index contributed by atoms with van der Waals surface area (Å²) in [6, 6.07) is 2.94. The Bertz CT molecular complexity index is 409. The smallest absolute Gasteiger partial charge is 0.0595 e. The van der Waals surface area contributed by atoms with Gasteiger partial charge in [-0.2, -0.15) is 0 Å². The van der Waals surface area contributed by atoms with E-state index in [1.165, 1.54) is 28.2 Å². The van der Waals surface area contributed by atoms with Gasteiger partial charge in [-0.15, -0.1) is 11.3 Å². The van der Waals surface area contributed by atoms with Crippen molar-refractivity contribution in [2.24, 2.45) is 0 Å². The molecule has 114 valence electrons. The number of piperidine rings is 1. The molecule has 1 fully saturated rings. The molecule has 1 aromatic heterocycles. The fraction of sp³-hybridized carbons (Fsp3) is 0.750. The highest BCUT2D eigenvalue weighted by atomic mass is 32.1. The Labute approximate surface area is 127 Å². The van der Waals surface area contributed by atoms with Gasteiger partial charge < -0.3 is 10.1 Å². The summed E-state index contributed by atoms with van der Waals surface area (Å²) in [6.45, 7) is 11.1. The second-order valence-electron chi connectivity index (χ2n) is 6.04. The first-order valence-electron chi connectivity index (χ1n) is 7.65. The maximum absolute atomic E-state index is 5.44. The molecule has 0 bridgehead atoms. The summed E-state index contributed by atoms with van der Waals surface area (Å²) < 4.78 is 5.44. The molecule has 2 rings (SSSR count). The maximum atomic E-state index is 5.44. The number of nitrogens with zero attached hydrogens (tertiary/aromatic N) is 1. The molecule has 4 heteroatoms. The summed E-state index contributed by atoms with van der Waals surface area (Å²) in [5.41, 5.74) is 1.51. The highest BCUT2D eigenvalue weighted by Gasteiger charge is 2.19. The van der Waals surface area contributed by atoms with E-state index >= 15 is 0 Å². The summed E-state index contributed by atoms with van der Waals surface area (Å²) in [5.74, 6) is 0. The highest BCUT2D eigenvalue weighted by molar-refractivity contribution is 7.12. The minimum Gasteiger partial charge on any atom is -0.381 e. The molecule has 0 saturated carbocycles. The molecular formula is C16H28N2OS. The predicted octanol–water partition coefficient (Wildman–Crippen LogP) is 3.17. The van der Waals surface area contributed by atoms with E-state index in [4.69, 9.17) is 4.74 Å². The molecule has 0 unspecified atom stereocenters. The van der Waals surface area contributed by atoms with E-state index in [9.17, 15) is 0 Å². The molecule has 0 atom stereocenters. The molecule has 0 aromatic carbocycles. The molecular weight excluding hydrogens is 268 g/mol. The zero-order valence-corrected chi connectivity index (χ0v) is 14.1.